The smallest absolute Gasteiger partial charge is 0.177 e. The molecule has 66 valence electrons. The first-order chi connectivity index (χ1) is 5.77. The minimum absolute atomic E-state index is 0.652. The largest absolute Gasteiger partial charge is 0.337 e. The van der Waals surface area contributed by atoms with Crippen LogP contribution in [-0.2, 0) is 0 Å². The van der Waals surface area contributed by atoms with Crippen LogP contribution >= 0.6 is 12.2 Å². The normalized spacial score (nSPS) is 29.4. The monoisotopic (exact) mass is 182 g/mol. The van der Waals surface area contributed by atoms with E-state index in [1.165, 1.54) is 19.3 Å². The molecule has 12 heavy (non-hydrogen) atoms. The van der Waals surface area contributed by atoms with Gasteiger partial charge in [-0.05, 0) is 37.4 Å². The number of imidazole rings is 1. The van der Waals surface area contributed by atoms with Gasteiger partial charge in [0.1, 0.15) is 0 Å². The molecule has 1 fully saturated rings. The van der Waals surface area contributed by atoms with Crippen LogP contribution in [0.2, 0.25) is 0 Å². The molecule has 2 nitrogen and oxygen atoms in total. The second-order valence-corrected chi connectivity index (χ2v) is 4.13. The number of aromatic amines is 1. The SMILES string of the molecule is CC1CCC(n2cc[nH]c2=S)C1. The predicted molar refractivity (Wildman–Crippen MR) is 51.7 cm³/mol. The lowest BCUT2D eigenvalue weighted by atomic mass is 10.1. The highest BCUT2D eigenvalue weighted by Crippen LogP contribution is 2.33. The Hall–Kier alpha value is -0.570. The van der Waals surface area contributed by atoms with Crippen molar-refractivity contribution in [1.29, 1.82) is 0 Å². The van der Waals surface area contributed by atoms with Gasteiger partial charge in [0, 0.05) is 18.4 Å². The molecule has 1 aliphatic rings. The Morgan fingerprint density at radius 2 is 2.42 bits per heavy atom. The number of aromatic nitrogens is 2. The molecule has 2 rings (SSSR count). The molecule has 0 bridgehead atoms. The first-order valence-corrected chi connectivity index (χ1v) is 4.93. The molecule has 0 saturated heterocycles. The Labute approximate surface area is 77.6 Å². The van der Waals surface area contributed by atoms with E-state index in [1.54, 1.807) is 0 Å². The highest BCUT2D eigenvalue weighted by molar-refractivity contribution is 7.71. The average Bonchev–Trinajstić information content (AvgIpc) is 2.58. The molecular formula is C9H14N2S. The van der Waals surface area contributed by atoms with Crippen LogP contribution in [0.3, 0.4) is 0 Å². The van der Waals surface area contributed by atoms with E-state index in [4.69, 9.17) is 12.2 Å². The van der Waals surface area contributed by atoms with Crippen molar-refractivity contribution in [1.82, 2.24) is 9.55 Å². The molecule has 1 saturated carbocycles. The van der Waals surface area contributed by atoms with E-state index >= 15 is 0 Å². The Morgan fingerprint density at radius 1 is 1.58 bits per heavy atom. The zero-order valence-electron chi connectivity index (χ0n) is 7.29. The summed E-state index contributed by atoms with van der Waals surface area (Å²) in [6.45, 7) is 2.32. The fourth-order valence-corrected chi connectivity index (χ4v) is 2.33. The van der Waals surface area contributed by atoms with Gasteiger partial charge in [0.2, 0.25) is 0 Å². The van der Waals surface area contributed by atoms with Gasteiger partial charge in [-0.1, -0.05) is 6.92 Å². The van der Waals surface area contributed by atoms with Crippen LogP contribution in [0.4, 0.5) is 0 Å². The van der Waals surface area contributed by atoms with Crippen molar-refractivity contribution in [2.24, 2.45) is 5.92 Å². The standard InChI is InChI=1S/C9H14N2S/c1-7-2-3-8(6-7)11-5-4-10-9(11)12/h4-5,7-8H,2-3,6H2,1H3,(H,10,12). The van der Waals surface area contributed by atoms with E-state index in [9.17, 15) is 0 Å². The third kappa shape index (κ3) is 1.33. The summed E-state index contributed by atoms with van der Waals surface area (Å²) in [5.74, 6) is 0.867. The van der Waals surface area contributed by atoms with Gasteiger partial charge in [-0.25, -0.2) is 0 Å². The summed E-state index contributed by atoms with van der Waals surface area (Å²) in [5.41, 5.74) is 0. The topological polar surface area (TPSA) is 20.7 Å². The molecule has 2 atom stereocenters. The molecule has 1 aromatic rings. The summed E-state index contributed by atoms with van der Waals surface area (Å²) in [4.78, 5) is 3.04. The summed E-state index contributed by atoms with van der Waals surface area (Å²) in [7, 11) is 0. The van der Waals surface area contributed by atoms with Crippen molar-refractivity contribution in [2.45, 2.75) is 32.2 Å². The number of hydrogen-bond donors (Lipinski definition) is 1. The van der Waals surface area contributed by atoms with Crippen LogP contribution in [0.1, 0.15) is 32.2 Å². The Bertz CT molecular complexity index is 312. The van der Waals surface area contributed by atoms with Crippen molar-refractivity contribution >= 4 is 12.2 Å². The van der Waals surface area contributed by atoms with Crippen molar-refractivity contribution in [3.05, 3.63) is 17.2 Å². The Balaban J connectivity index is 2.21. The third-order valence-electron chi connectivity index (χ3n) is 2.74. The maximum absolute atomic E-state index is 5.17. The molecule has 1 N–H and O–H groups in total. The van der Waals surface area contributed by atoms with Gasteiger partial charge in [-0.15, -0.1) is 0 Å². The van der Waals surface area contributed by atoms with Crippen LogP contribution < -0.4 is 0 Å². The van der Waals surface area contributed by atoms with E-state index in [0.29, 0.717) is 6.04 Å². The van der Waals surface area contributed by atoms with Crippen LogP contribution in [-0.4, -0.2) is 9.55 Å². The quantitative estimate of drug-likeness (QED) is 0.662. The molecule has 0 aliphatic heterocycles. The predicted octanol–water partition coefficient (Wildman–Crippen LogP) is 2.91. The lowest BCUT2D eigenvalue weighted by Gasteiger charge is -2.10. The highest BCUT2D eigenvalue weighted by atomic mass is 32.1. The molecule has 2 unspecified atom stereocenters. The van der Waals surface area contributed by atoms with Gasteiger partial charge >= 0.3 is 0 Å². The number of nitrogens with one attached hydrogen (secondary N) is 1. The van der Waals surface area contributed by atoms with E-state index in [2.05, 4.69) is 22.7 Å². The molecule has 0 radical (unpaired) electrons. The molecule has 1 aromatic heterocycles. The fourth-order valence-electron chi connectivity index (χ4n) is 2.05. The zero-order valence-corrected chi connectivity index (χ0v) is 8.10. The van der Waals surface area contributed by atoms with Crippen LogP contribution in [0.15, 0.2) is 12.4 Å². The van der Waals surface area contributed by atoms with Gasteiger partial charge in [0.15, 0.2) is 4.77 Å². The lowest BCUT2D eigenvalue weighted by molar-refractivity contribution is 0.489. The Morgan fingerprint density at radius 3 is 2.92 bits per heavy atom. The maximum atomic E-state index is 5.17. The van der Waals surface area contributed by atoms with Crippen molar-refractivity contribution in [2.75, 3.05) is 0 Å². The molecular weight excluding hydrogens is 168 g/mol. The maximum Gasteiger partial charge on any atom is 0.177 e. The fraction of sp³-hybridized carbons (Fsp3) is 0.667. The number of H-pyrrole nitrogens is 1. The van der Waals surface area contributed by atoms with Crippen LogP contribution in [0.25, 0.3) is 0 Å². The second-order valence-electron chi connectivity index (χ2n) is 3.74. The molecule has 1 aliphatic carbocycles. The molecule has 0 aromatic carbocycles. The minimum atomic E-state index is 0.652. The molecule has 0 amide bonds. The third-order valence-corrected chi connectivity index (χ3v) is 3.07. The van der Waals surface area contributed by atoms with Crippen LogP contribution in [0, 0.1) is 10.7 Å². The summed E-state index contributed by atoms with van der Waals surface area (Å²) < 4.78 is 3.06. The van der Waals surface area contributed by atoms with Gasteiger partial charge in [0.05, 0.1) is 0 Å². The first kappa shape index (κ1) is 8.05. The summed E-state index contributed by atoms with van der Waals surface area (Å²) in [6, 6.07) is 0.652. The second kappa shape index (κ2) is 3.05. The molecule has 1 heterocycles. The van der Waals surface area contributed by atoms with Gasteiger partial charge in [-0.2, -0.15) is 0 Å². The summed E-state index contributed by atoms with van der Waals surface area (Å²) in [5, 5.41) is 0. The number of hydrogen-bond acceptors (Lipinski definition) is 1. The number of nitrogens with zero attached hydrogens (tertiary/aromatic N) is 1. The van der Waals surface area contributed by atoms with E-state index < -0.39 is 0 Å². The van der Waals surface area contributed by atoms with E-state index in [0.717, 1.165) is 10.7 Å². The summed E-state index contributed by atoms with van der Waals surface area (Å²) >= 11 is 5.17. The van der Waals surface area contributed by atoms with E-state index in [-0.39, 0.29) is 0 Å². The van der Waals surface area contributed by atoms with Gasteiger partial charge in [0.25, 0.3) is 0 Å². The minimum Gasteiger partial charge on any atom is -0.337 e. The van der Waals surface area contributed by atoms with Crippen LogP contribution in [0.5, 0.6) is 0 Å². The lowest BCUT2D eigenvalue weighted by Crippen LogP contribution is -2.03. The van der Waals surface area contributed by atoms with Crippen molar-refractivity contribution in [3.63, 3.8) is 0 Å². The zero-order chi connectivity index (χ0) is 8.55. The van der Waals surface area contributed by atoms with Gasteiger partial charge in [-0.3, -0.25) is 0 Å². The van der Waals surface area contributed by atoms with Crippen molar-refractivity contribution < 1.29 is 0 Å². The Kier molecular flexibility index (Phi) is 2.05. The highest BCUT2D eigenvalue weighted by Gasteiger charge is 2.22. The molecule has 0 spiro atoms. The molecule has 3 heteroatoms. The van der Waals surface area contributed by atoms with E-state index in [1.807, 2.05) is 6.20 Å². The van der Waals surface area contributed by atoms with Crippen molar-refractivity contribution in [3.8, 4) is 0 Å². The van der Waals surface area contributed by atoms with Gasteiger partial charge < -0.3 is 9.55 Å². The number of rotatable bonds is 1. The first-order valence-electron chi connectivity index (χ1n) is 4.53. The average molecular weight is 182 g/mol. The summed E-state index contributed by atoms with van der Waals surface area (Å²) in [6.07, 6.45) is 7.90.